The first-order chi connectivity index (χ1) is 12.8. The molecule has 0 saturated carbocycles. The summed E-state index contributed by atoms with van der Waals surface area (Å²) >= 11 is 0. The highest BCUT2D eigenvalue weighted by Gasteiger charge is 2.28. The van der Waals surface area contributed by atoms with Gasteiger partial charge in [0.15, 0.2) is 11.5 Å². The number of hydrogen-bond acceptors (Lipinski definition) is 5. The van der Waals surface area contributed by atoms with Crippen molar-refractivity contribution in [2.45, 2.75) is 33.1 Å². The first-order valence-corrected chi connectivity index (χ1v) is 8.63. The van der Waals surface area contributed by atoms with Gasteiger partial charge in [-0.05, 0) is 30.5 Å². The maximum atomic E-state index is 12.7. The minimum Gasteiger partial charge on any atom is -0.503 e. The molecule has 27 heavy (non-hydrogen) atoms. The fourth-order valence-electron chi connectivity index (χ4n) is 3.16. The minimum atomic E-state index is -1.03. The lowest BCUT2D eigenvalue weighted by molar-refractivity contribution is -0.137. The maximum Gasteiger partial charge on any atom is 0.303 e. The molecule has 2 aromatic heterocycles. The SMILES string of the molecule is CC(C)CC(=O)c1c(O)c(O)n(-c2ccc3nc[nH]c3c2)c1CCC(=O)O. The summed E-state index contributed by atoms with van der Waals surface area (Å²) in [5, 5.41) is 30.0. The van der Waals surface area contributed by atoms with Gasteiger partial charge in [0.1, 0.15) is 0 Å². The number of carboxylic acids is 1. The first kappa shape index (κ1) is 18.5. The molecule has 0 unspecified atom stereocenters. The monoisotopic (exact) mass is 371 g/mol. The van der Waals surface area contributed by atoms with E-state index < -0.39 is 17.6 Å². The number of rotatable bonds is 7. The van der Waals surface area contributed by atoms with Crippen LogP contribution in [0.4, 0.5) is 0 Å². The van der Waals surface area contributed by atoms with Gasteiger partial charge in [-0.15, -0.1) is 0 Å². The standard InChI is InChI=1S/C19H21N3O5/c1-10(2)7-15(23)17-14(5-6-16(24)25)22(19(27)18(17)26)11-3-4-12-13(8-11)21-9-20-12/h3-4,8-10,26-27H,5-7H2,1-2H3,(H,20,21)(H,24,25). The number of nitrogens with one attached hydrogen (secondary N) is 1. The summed E-state index contributed by atoms with van der Waals surface area (Å²) in [5.41, 5.74) is 2.17. The van der Waals surface area contributed by atoms with Crippen LogP contribution in [-0.2, 0) is 11.2 Å². The molecule has 3 rings (SSSR count). The second-order valence-corrected chi connectivity index (χ2v) is 6.85. The Balaban J connectivity index is 2.18. The lowest BCUT2D eigenvalue weighted by Gasteiger charge is -2.11. The number of carbonyl (C=O) groups is 2. The molecule has 0 saturated heterocycles. The van der Waals surface area contributed by atoms with Gasteiger partial charge in [0.2, 0.25) is 5.88 Å². The topological polar surface area (TPSA) is 128 Å². The summed E-state index contributed by atoms with van der Waals surface area (Å²) in [6, 6.07) is 5.13. The van der Waals surface area contributed by atoms with Crippen molar-refractivity contribution in [1.82, 2.24) is 14.5 Å². The molecule has 3 aromatic rings. The van der Waals surface area contributed by atoms with Crippen LogP contribution >= 0.6 is 0 Å². The number of benzene rings is 1. The molecule has 0 atom stereocenters. The molecule has 1 aromatic carbocycles. The van der Waals surface area contributed by atoms with E-state index in [2.05, 4.69) is 9.97 Å². The van der Waals surface area contributed by atoms with Crippen molar-refractivity contribution >= 4 is 22.8 Å². The summed E-state index contributed by atoms with van der Waals surface area (Å²) < 4.78 is 1.33. The molecule has 0 aliphatic carbocycles. The summed E-state index contributed by atoms with van der Waals surface area (Å²) in [4.78, 5) is 30.8. The van der Waals surface area contributed by atoms with Crippen molar-refractivity contribution in [2.75, 3.05) is 0 Å². The zero-order chi connectivity index (χ0) is 19.7. The fraction of sp³-hybridized carbons (Fsp3) is 0.316. The number of aromatic nitrogens is 3. The average Bonchev–Trinajstić information content (AvgIpc) is 3.15. The van der Waals surface area contributed by atoms with Crippen molar-refractivity contribution in [2.24, 2.45) is 5.92 Å². The fourth-order valence-corrected chi connectivity index (χ4v) is 3.16. The van der Waals surface area contributed by atoms with Crippen LogP contribution in [0.3, 0.4) is 0 Å². The number of aromatic amines is 1. The third-order valence-corrected chi connectivity index (χ3v) is 4.33. The van der Waals surface area contributed by atoms with Crippen molar-refractivity contribution < 1.29 is 24.9 Å². The molecule has 0 fully saturated rings. The van der Waals surface area contributed by atoms with E-state index >= 15 is 0 Å². The largest absolute Gasteiger partial charge is 0.503 e. The van der Waals surface area contributed by atoms with Crippen LogP contribution in [-0.4, -0.2) is 41.6 Å². The zero-order valence-electron chi connectivity index (χ0n) is 15.1. The van der Waals surface area contributed by atoms with Crippen molar-refractivity contribution in [3.8, 4) is 17.3 Å². The van der Waals surface area contributed by atoms with Crippen molar-refractivity contribution in [3.05, 3.63) is 35.8 Å². The molecular weight excluding hydrogens is 350 g/mol. The number of nitrogens with zero attached hydrogens (tertiary/aromatic N) is 2. The zero-order valence-corrected chi connectivity index (χ0v) is 15.1. The summed E-state index contributed by atoms with van der Waals surface area (Å²) in [6.07, 6.45) is 1.46. The number of carboxylic acid groups (broad SMARTS) is 1. The highest BCUT2D eigenvalue weighted by atomic mass is 16.4. The van der Waals surface area contributed by atoms with E-state index in [9.17, 15) is 19.8 Å². The quantitative estimate of drug-likeness (QED) is 0.473. The Hall–Kier alpha value is -3.29. The third-order valence-electron chi connectivity index (χ3n) is 4.33. The van der Waals surface area contributed by atoms with Crippen molar-refractivity contribution in [3.63, 3.8) is 0 Å². The van der Waals surface area contributed by atoms with Crippen LogP contribution in [0.1, 0.15) is 42.7 Å². The van der Waals surface area contributed by atoms with E-state index in [1.807, 2.05) is 13.8 Å². The number of hydrogen-bond donors (Lipinski definition) is 4. The van der Waals surface area contributed by atoms with Gasteiger partial charge in [-0.3, -0.25) is 14.2 Å². The molecule has 8 nitrogen and oxygen atoms in total. The van der Waals surface area contributed by atoms with Gasteiger partial charge in [0.05, 0.1) is 35.0 Å². The Morgan fingerprint density at radius 2 is 2.00 bits per heavy atom. The average molecular weight is 371 g/mol. The predicted octanol–water partition coefficient (Wildman–Crippen LogP) is 3.01. The third kappa shape index (κ3) is 3.51. The predicted molar refractivity (Wildman–Crippen MR) is 98.5 cm³/mol. The van der Waals surface area contributed by atoms with Gasteiger partial charge in [-0.1, -0.05) is 13.8 Å². The van der Waals surface area contributed by atoms with Crippen LogP contribution in [0.25, 0.3) is 16.7 Å². The number of H-pyrrole nitrogens is 1. The van der Waals surface area contributed by atoms with Crippen LogP contribution in [0, 0.1) is 5.92 Å². The van der Waals surface area contributed by atoms with E-state index in [0.717, 1.165) is 5.52 Å². The van der Waals surface area contributed by atoms with Gasteiger partial charge in [-0.25, -0.2) is 4.98 Å². The first-order valence-electron chi connectivity index (χ1n) is 8.63. The normalized spacial score (nSPS) is 11.4. The van der Waals surface area contributed by atoms with Gasteiger partial charge >= 0.3 is 5.97 Å². The second kappa shape index (κ2) is 7.14. The molecule has 2 heterocycles. The number of fused-ring (bicyclic) bond motifs is 1. The van der Waals surface area contributed by atoms with Gasteiger partial charge < -0.3 is 20.3 Å². The van der Waals surface area contributed by atoms with E-state index in [4.69, 9.17) is 5.11 Å². The summed E-state index contributed by atoms with van der Waals surface area (Å²) in [5.74, 6) is -2.32. The van der Waals surface area contributed by atoms with Crippen LogP contribution in [0.2, 0.25) is 0 Å². The summed E-state index contributed by atoms with van der Waals surface area (Å²) in [7, 11) is 0. The van der Waals surface area contributed by atoms with Crippen molar-refractivity contribution in [1.29, 1.82) is 0 Å². The molecule has 0 radical (unpaired) electrons. The molecule has 8 heteroatoms. The number of aromatic hydroxyl groups is 2. The molecule has 0 amide bonds. The molecule has 4 N–H and O–H groups in total. The number of ketones is 1. The van der Waals surface area contributed by atoms with Gasteiger partial charge in [0.25, 0.3) is 0 Å². The Bertz CT molecular complexity index is 1020. The lowest BCUT2D eigenvalue weighted by Crippen LogP contribution is -2.10. The van der Waals surface area contributed by atoms with E-state index in [1.165, 1.54) is 10.9 Å². The van der Waals surface area contributed by atoms with Gasteiger partial charge in [0, 0.05) is 12.1 Å². The number of imidazole rings is 1. The van der Waals surface area contributed by atoms with E-state index in [-0.39, 0.29) is 42.2 Å². The Kier molecular flexibility index (Phi) is 4.89. The number of aliphatic carboxylic acids is 1. The maximum absolute atomic E-state index is 12.7. The van der Waals surface area contributed by atoms with Crippen LogP contribution in [0.15, 0.2) is 24.5 Å². The number of carbonyl (C=O) groups excluding carboxylic acids is 1. The molecule has 0 spiro atoms. The second-order valence-electron chi connectivity index (χ2n) is 6.85. The minimum absolute atomic E-state index is 0.0103. The highest BCUT2D eigenvalue weighted by molar-refractivity contribution is 6.01. The Morgan fingerprint density at radius 3 is 2.67 bits per heavy atom. The summed E-state index contributed by atoms with van der Waals surface area (Å²) in [6.45, 7) is 3.74. The van der Waals surface area contributed by atoms with Crippen LogP contribution in [0.5, 0.6) is 11.6 Å². The smallest absolute Gasteiger partial charge is 0.303 e. The van der Waals surface area contributed by atoms with Crippen LogP contribution < -0.4 is 0 Å². The molecule has 0 aliphatic rings. The molecular formula is C19H21N3O5. The Morgan fingerprint density at radius 1 is 1.26 bits per heavy atom. The molecule has 0 aliphatic heterocycles. The molecule has 0 bridgehead atoms. The van der Waals surface area contributed by atoms with E-state index in [0.29, 0.717) is 11.2 Å². The van der Waals surface area contributed by atoms with Gasteiger partial charge in [-0.2, -0.15) is 0 Å². The Labute approximate surface area is 155 Å². The molecule has 142 valence electrons. The highest BCUT2D eigenvalue weighted by Crippen LogP contribution is 2.39. The van der Waals surface area contributed by atoms with E-state index in [1.54, 1.807) is 18.2 Å². The lowest BCUT2D eigenvalue weighted by atomic mass is 9.99. The number of Topliss-reactive ketones (excluding diaryl/α,β-unsaturated/α-hetero) is 1.